The molecule has 29 heavy (non-hydrogen) atoms. The molecule has 0 spiro atoms. The lowest BCUT2D eigenvalue weighted by atomic mass is 9.93. The van der Waals surface area contributed by atoms with Crippen LogP contribution in [-0.2, 0) is 17.8 Å². The minimum Gasteiger partial charge on any atom is -0.459 e. The van der Waals surface area contributed by atoms with Crippen LogP contribution >= 0.6 is 0 Å². The lowest BCUT2D eigenvalue weighted by Gasteiger charge is -2.35. The Bertz CT molecular complexity index is 1050. The Balaban J connectivity index is 1.60. The second-order valence-corrected chi connectivity index (χ2v) is 7.02. The number of hydrogen-bond acceptors (Lipinski definition) is 4. The van der Waals surface area contributed by atoms with Crippen LogP contribution in [0.1, 0.15) is 39.0 Å². The molecule has 2 aromatic carbocycles. The van der Waals surface area contributed by atoms with E-state index >= 15 is 0 Å². The number of Topliss-reactive ketones (excluding diaryl/α,β-unsaturated/α-hetero) is 1. The number of nitrogens with one attached hydrogen (secondary N) is 1. The molecule has 6 nitrogen and oxygen atoms in total. The van der Waals surface area contributed by atoms with E-state index in [0.29, 0.717) is 24.2 Å². The van der Waals surface area contributed by atoms with Gasteiger partial charge < -0.3 is 14.6 Å². The molecule has 0 fully saturated rings. The van der Waals surface area contributed by atoms with Gasteiger partial charge in [0.2, 0.25) is 5.91 Å². The summed E-state index contributed by atoms with van der Waals surface area (Å²) in [5, 5.41) is 2.86. The van der Waals surface area contributed by atoms with Crippen molar-refractivity contribution in [3.05, 3.63) is 89.4 Å². The number of anilines is 1. The van der Waals surface area contributed by atoms with Gasteiger partial charge in [-0.3, -0.25) is 14.4 Å². The number of fused-ring (bicyclic) bond motifs is 1. The number of furan rings is 1. The van der Waals surface area contributed by atoms with Crippen LogP contribution < -0.4 is 5.32 Å². The summed E-state index contributed by atoms with van der Waals surface area (Å²) < 4.78 is 5.26. The topological polar surface area (TPSA) is 79.6 Å². The highest BCUT2D eigenvalue weighted by Gasteiger charge is 2.36. The molecule has 1 aliphatic heterocycles. The summed E-state index contributed by atoms with van der Waals surface area (Å²) in [6.07, 6.45) is 1.86. The average molecular weight is 388 g/mol. The second kappa shape index (κ2) is 7.75. The zero-order valence-corrected chi connectivity index (χ0v) is 15.9. The van der Waals surface area contributed by atoms with Crippen molar-refractivity contribution >= 4 is 23.3 Å². The maximum atomic E-state index is 13.1. The molecule has 146 valence electrons. The number of rotatable bonds is 4. The van der Waals surface area contributed by atoms with Crippen molar-refractivity contribution in [3.63, 3.8) is 0 Å². The van der Waals surface area contributed by atoms with Crippen molar-refractivity contribution in [3.8, 4) is 0 Å². The first-order valence-electron chi connectivity index (χ1n) is 9.36. The molecule has 6 heteroatoms. The molecule has 1 unspecified atom stereocenters. The number of ketones is 1. The molecule has 1 N–H and O–H groups in total. The van der Waals surface area contributed by atoms with E-state index in [-0.39, 0.29) is 23.4 Å². The van der Waals surface area contributed by atoms with Gasteiger partial charge in [0, 0.05) is 24.2 Å². The predicted molar refractivity (Wildman–Crippen MR) is 108 cm³/mol. The van der Waals surface area contributed by atoms with Crippen LogP contribution in [0.2, 0.25) is 0 Å². The third-order valence-electron chi connectivity index (χ3n) is 5.10. The second-order valence-electron chi connectivity index (χ2n) is 7.02. The van der Waals surface area contributed by atoms with E-state index in [1.807, 2.05) is 24.3 Å². The van der Waals surface area contributed by atoms with Crippen LogP contribution in [-0.4, -0.2) is 28.5 Å². The van der Waals surface area contributed by atoms with Gasteiger partial charge in [0.25, 0.3) is 5.91 Å². The molecule has 2 amide bonds. The van der Waals surface area contributed by atoms with Crippen molar-refractivity contribution < 1.29 is 18.8 Å². The minimum absolute atomic E-state index is 0.0398. The van der Waals surface area contributed by atoms with E-state index < -0.39 is 6.04 Å². The highest BCUT2D eigenvalue weighted by molar-refractivity contribution is 6.01. The fraction of sp³-hybridized carbons (Fsp3) is 0.174. The first-order chi connectivity index (χ1) is 14.0. The van der Waals surface area contributed by atoms with Crippen LogP contribution in [0, 0.1) is 0 Å². The quantitative estimate of drug-likeness (QED) is 0.692. The Morgan fingerprint density at radius 3 is 2.34 bits per heavy atom. The standard InChI is InChI=1S/C23H20N2O4/c1-15(26)16-8-10-19(11-9-16)24-22(27)20-13-17-5-2-3-6-18(17)14-25(20)23(28)21-7-4-12-29-21/h2-12,20H,13-14H2,1H3,(H,24,27). The van der Waals surface area contributed by atoms with E-state index in [2.05, 4.69) is 5.32 Å². The van der Waals surface area contributed by atoms with E-state index in [9.17, 15) is 14.4 Å². The van der Waals surface area contributed by atoms with Gasteiger partial charge in [-0.1, -0.05) is 24.3 Å². The summed E-state index contributed by atoms with van der Waals surface area (Å²) in [5.41, 5.74) is 3.21. The van der Waals surface area contributed by atoms with Crippen LogP contribution in [0.25, 0.3) is 0 Å². The number of carbonyl (C=O) groups is 3. The molecule has 0 saturated heterocycles. The third-order valence-corrected chi connectivity index (χ3v) is 5.10. The fourth-order valence-corrected chi connectivity index (χ4v) is 3.53. The molecule has 1 aromatic heterocycles. The van der Waals surface area contributed by atoms with Crippen molar-refractivity contribution in [2.45, 2.75) is 25.9 Å². The number of amides is 2. The molecule has 4 rings (SSSR count). The van der Waals surface area contributed by atoms with Gasteiger partial charge in [0.15, 0.2) is 11.5 Å². The van der Waals surface area contributed by atoms with Gasteiger partial charge in [0.05, 0.1) is 6.26 Å². The Morgan fingerprint density at radius 1 is 0.966 bits per heavy atom. The van der Waals surface area contributed by atoms with E-state index in [0.717, 1.165) is 11.1 Å². The van der Waals surface area contributed by atoms with Crippen molar-refractivity contribution in [2.24, 2.45) is 0 Å². The molecular formula is C23H20N2O4. The Hall–Kier alpha value is -3.67. The molecule has 0 aliphatic carbocycles. The van der Waals surface area contributed by atoms with Crippen LogP contribution in [0.4, 0.5) is 5.69 Å². The molecule has 1 aliphatic rings. The Morgan fingerprint density at radius 2 is 1.69 bits per heavy atom. The maximum absolute atomic E-state index is 13.1. The van der Waals surface area contributed by atoms with Gasteiger partial charge in [-0.25, -0.2) is 0 Å². The molecule has 2 heterocycles. The van der Waals surface area contributed by atoms with Gasteiger partial charge >= 0.3 is 0 Å². The monoisotopic (exact) mass is 388 g/mol. The summed E-state index contributed by atoms with van der Waals surface area (Å²) in [5.74, 6) is -0.443. The molecule has 0 bridgehead atoms. The number of carbonyl (C=O) groups excluding carboxylic acids is 3. The zero-order valence-electron chi connectivity index (χ0n) is 15.9. The fourth-order valence-electron chi connectivity index (χ4n) is 3.53. The third kappa shape index (κ3) is 3.82. The summed E-state index contributed by atoms with van der Waals surface area (Å²) in [6.45, 7) is 1.82. The lowest BCUT2D eigenvalue weighted by Crippen LogP contribution is -2.50. The van der Waals surface area contributed by atoms with Gasteiger partial charge in [-0.05, 0) is 54.4 Å². The smallest absolute Gasteiger partial charge is 0.290 e. The molecule has 3 aromatic rings. The number of hydrogen-bond donors (Lipinski definition) is 1. The minimum atomic E-state index is -0.671. The van der Waals surface area contributed by atoms with Gasteiger partial charge in [-0.2, -0.15) is 0 Å². The zero-order chi connectivity index (χ0) is 20.4. The number of benzene rings is 2. The van der Waals surface area contributed by atoms with E-state index in [4.69, 9.17) is 4.42 Å². The number of nitrogens with zero attached hydrogens (tertiary/aromatic N) is 1. The molecular weight excluding hydrogens is 368 g/mol. The van der Waals surface area contributed by atoms with E-state index in [1.165, 1.54) is 13.2 Å². The van der Waals surface area contributed by atoms with Crippen molar-refractivity contribution in [2.75, 3.05) is 5.32 Å². The van der Waals surface area contributed by atoms with Crippen molar-refractivity contribution in [1.82, 2.24) is 4.90 Å². The molecule has 0 radical (unpaired) electrons. The molecule has 1 atom stereocenters. The molecule has 0 saturated carbocycles. The Kier molecular flexibility index (Phi) is 4.99. The van der Waals surface area contributed by atoms with Crippen LogP contribution in [0.15, 0.2) is 71.3 Å². The van der Waals surface area contributed by atoms with Gasteiger partial charge in [0.1, 0.15) is 6.04 Å². The highest BCUT2D eigenvalue weighted by Crippen LogP contribution is 2.26. The summed E-state index contributed by atoms with van der Waals surface area (Å²) >= 11 is 0. The summed E-state index contributed by atoms with van der Waals surface area (Å²) in [4.78, 5) is 39.0. The van der Waals surface area contributed by atoms with Crippen LogP contribution in [0.3, 0.4) is 0 Å². The van der Waals surface area contributed by atoms with Crippen molar-refractivity contribution in [1.29, 1.82) is 0 Å². The Labute approximate surface area is 168 Å². The maximum Gasteiger partial charge on any atom is 0.290 e. The summed E-state index contributed by atoms with van der Waals surface area (Å²) in [6, 6.07) is 17.1. The predicted octanol–water partition coefficient (Wildman–Crippen LogP) is 3.69. The first kappa shape index (κ1) is 18.7. The average Bonchev–Trinajstić information content (AvgIpc) is 3.27. The van der Waals surface area contributed by atoms with E-state index in [1.54, 1.807) is 41.3 Å². The first-order valence-corrected chi connectivity index (χ1v) is 9.36. The SMILES string of the molecule is CC(=O)c1ccc(NC(=O)C2Cc3ccccc3CN2C(=O)c2ccco2)cc1. The summed E-state index contributed by atoms with van der Waals surface area (Å²) in [7, 11) is 0. The lowest BCUT2D eigenvalue weighted by molar-refractivity contribution is -0.121. The van der Waals surface area contributed by atoms with Crippen LogP contribution in [0.5, 0.6) is 0 Å². The largest absolute Gasteiger partial charge is 0.459 e. The normalized spacial score (nSPS) is 15.5. The highest BCUT2D eigenvalue weighted by atomic mass is 16.3. The van der Waals surface area contributed by atoms with Gasteiger partial charge in [-0.15, -0.1) is 0 Å².